The predicted molar refractivity (Wildman–Crippen MR) is 138 cm³/mol. The van der Waals surface area contributed by atoms with Crippen LogP contribution in [-0.2, 0) is 11.3 Å². The van der Waals surface area contributed by atoms with Gasteiger partial charge in [0.15, 0.2) is 0 Å². The first-order valence-electron chi connectivity index (χ1n) is 11.9. The number of aromatic nitrogens is 3. The molecule has 2 aromatic carbocycles. The van der Waals surface area contributed by atoms with E-state index in [1.165, 1.54) is 6.33 Å². The van der Waals surface area contributed by atoms with Crippen molar-refractivity contribution in [1.82, 2.24) is 19.4 Å². The summed E-state index contributed by atoms with van der Waals surface area (Å²) in [6.07, 6.45) is 6.80. The van der Waals surface area contributed by atoms with Crippen molar-refractivity contribution in [2.45, 2.75) is 32.4 Å². The molecule has 8 nitrogen and oxygen atoms in total. The molecule has 8 heteroatoms. The van der Waals surface area contributed by atoms with E-state index in [1.54, 1.807) is 17.9 Å². The van der Waals surface area contributed by atoms with Crippen molar-refractivity contribution in [2.24, 2.45) is 0 Å². The van der Waals surface area contributed by atoms with Gasteiger partial charge in [0.05, 0.1) is 11.4 Å². The van der Waals surface area contributed by atoms with Gasteiger partial charge in [0.25, 0.3) is 5.91 Å². The lowest BCUT2D eigenvalue weighted by atomic mass is 10.1. The van der Waals surface area contributed by atoms with Crippen LogP contribution in [0.25, 0.3) is 22.2 Å². The average molecular weight is 479 g/mol. The van der Waals surface area contributed by atoms with Gasteiger partial charge in [-0.2, -0.15) is 5.26 Å². The largest absolute Gasteiger partial charge is 0.457 e. The number of carbonyl (C=O) groups is 1. The Labute approximate surface area is 209 Å². The highest BCUT2D eigenvalue weighted by atomic mass is 16.5. The van der Waals surface area contributed by atoms with Crippen molar-refractivity contribution < 1.29 is 9.53 Å². The zero-order valence-electron chi connectivity index (χ0n) is 20.0. The molecule has 1 aliphatic heterocycles. The summed E-state index contributed by atoms with van der Waals surface area (Å²) in [6, 6.07) is 19.4. The third-order valence-electron chi connectivity index (χ3n) is 6.51. The van der Waals surface area contributed by atoms with Crippen molar-refractivity contribution in [1.29, 1.82) is 5.26 Å². The lowest BCUT2D eigenvalue weighted by molar-refractivity contribution is -0.127. The van der Waals surface area contributed by atoms with Crippen LogP contribution in [0.4, 0.5) is 5.82 Å². The maximum atomic E-state index is 12.9. The fourth-order valence-corrected chi connectivity index (χ4v) is 4.74. The molecule has 180 valence electrons. The number of benzene rings is 2. The van der Waals surface area contributed by atoms with Crippen LogP contribution >= 0.6 is 0 Å². The molecule has 36 heavy (non-hydrogen) atoms. The van der Waals surface area contributed by atoms with Crippen molar-refractivity contribution in [2.75, 3.05) is 12.3 Å². The highest BCUT2D eigenvalue weighted by Crippen LogP contribution is 2.35. The summed E-state index contributed by atoms with van der Waals surface area (Å²) in [4.78, 5) is 23.4. The van der Waals surface area contributed by atoms with E-state index < -0.39 is 0 Å². The SMILES string of the molecule is C/C=C(/C#N)C(=O)N1CCC[C@H]1Cn1cc(-c2ccc(Oc3ccccc3)cc2)c2c(N)ncnc21. The summed E-state index contributed by atoms with van der Waals surface area (Å²) >= 11 is 0. The average Bonchev–Trinajstić information content (AvgIpc) is 3.52. The Morgan fingerprint density at radius 1 is 1.17 bits per heavy atom. The number of nitrogens with two attached hydrogens (primary N) is 1. The summed E-state index contributed by atoms with van der Waals surface area (Å²) in [7, 11) is 0. The molecule has 0 saturated carbocycles. The third-order valence-corrected chi connectivity index (χ3v) is 6.51. The Bertz CT molecular complexity index is 1470. The van der Waals surface area contributed by atoms with Gasteiger partial charge in [0, 0.05) is 24.8 Å². The molecule has 1 fully saturated rings. The molecule has 0 radical (unpaired) electrons. The van der Waals surface area contributed by atoms with E-state index in [-0.39, 0.29) is 17.5 Å². The van der Waals surface area contributed by atoms with Gasteiger partial charge in [-0.15, -0.1) is 0 Å². The van der Waals surface area contributed by atoms with Crippen molar-refractivity contribution in [3.8, 4) is 28.7 Å². The van der Waals surface area contributed by atoms with Gasteiger partial charge in [0.2, 0.25) is 0 Å². The Morgan fingerprint density at radius 3 is 2.64 bits per heavy atom. The Balaban J connectivity index is 1.46. The first-order chi connectivity index (χ1) is 17.6. The van der Waals surface area contributed by atoms with E-state index in [1.807, 2.05) is 71.4 Å². The van der Waals surface area contributed by atoms with Crippen molar-refractivity contribution in [3.63, 3.8) is 0 Å². The van der Waals surface area contributed by atoms with Crippen LogP contribution in [0.5, 0.6) is 11.5 Å². The fraction of sp³-hybridized carbons (Fsp3) is 0.214. The molecular weight excluding hydrogens is 452 g/mol. The molecule has 3 heterocycles. The number of rotatable bonds is 6. The van der Waals surface area contributed by atoms with E-state index >= 15 is 0 Å². The summed E-state index contributed by atoms with van der Waals surface area (Å²) in [5.74, 6) is 1.68. The first-order valence-corrected chi connectivity index (χ1v) is 11.9. The first kappa shape index (κ1) is 23.1. The van der Waals surface area contributed by atoms with Crippen LogP contribution in [0.15, 0.2) is 78.8 Å². The van der Waals surface area contributed by atoms with Gasteiger partial charge < -0.3 is 19.9 Å². The standard InChI is InChI=1S/C28H26N6O2/c1-2-19(15-29)28(35)34-14-6-7-21(34)16-33-17-24(25-26(30)31-18-32-27(25)33)20-10-12-23(13-11-20)36-22-8-4-3-5-9-22/h2-5,8-13,17-18,21H,6-7,14,16H2,1H3,(H2,30,31,32)/b19-2-/t21-/m0/s1. The van der Waals surface area contributed by atoms with E-state index in [2.05, 4.69) is 9.97 Å². The number of carbonyl (C=O) groups excluding carboxylic acids is 1. The van der Waals surface area contributed by atoms with Crippen LogP contribution in [0, 0.1) is 11.3 Å². The van der Waals surface area contributed by atoms with Crippen molar-refractivity contribution >= 4 is 22.8 Å². The van der Waals surface area contributed by atoms with E-state index in [9.17, 15) is 10.1 Å². The van der Waals surface area contributed by atoms with Crippen molar-refractivity contribution in [3.05, 3.63) is 78.8 Å². The number of likely N-dealkylation sites (tertiary alicyclic amines) is 1. The number of fused-ring (bicyclic) bond motifs is 1. The van der Waals surface area contributed by atoms with E-state index in [4.69, 9.17) is 10.5 Å². The Kier molecular flexibility index (Phi) is 6.37. The highest BCUT2D eigenvalue weighted by Gasteiger charge is 2.31. The fourth-order valence-electron chi connectivity index (χ4n) is 4.74. The molecule has 0 aliphatic carbocycles. The number of hydrogen-bond acceptors (Lipinski definition) is 6. The number of amides is 1. The topological polar surface area (TPSA) is 110 Å². The van der Waals surface area contributed by atoms with Gasteiger partial charge in [-0.1, -0.05) is 36.4 Å². The van der Waals surface area contributed by atoms with Gasteiger partial charge in [-0.05, 0) is 49.6 Å². The number of nitrogens with zero attached hydrogens (tertiary/aromatic N) is 5. The van der Waals surface area contributed by atoms with Crippen LogP contribution in [-0.4, -0.2) is 37.9 Å². The second kappa shape index (κ2) is 9.92. The lowest BCUT2D eigenvalue weighted by Crippen LogP contribution is -2.38. The molecule has 0 unspecified atom stereocenters. The zero-order valence-corrected chi connectivity index (χ0v) is 20.0. The van der Waals surface area contributed by atoms with Gasteiger partial charge >= 0.3 is 0 Å². The molecule has 1 aliphatic rings. The molecule has 2 N–H and O–H groups in total. The van der Waals surface area contributed by atoms with Gasteiger partial charge in [0.1, 0.15) is 40.9 Å². The maximum Gasteiger partial charge on any atom is 0.264 e. The number of hydrogen-bond donors (Lipinski definition) is 1. The van der Waals surface area contributed by atoms with E-state index in [0.29, 0.717) is 24.6 Å². The van der Waals surface area contributed by atoms with Crippen LogP contribution < -0.4 is 10.5 Å². The third kappa shape index (κ3) is 4.39. The number of nitriles is 1. The van der Waals surface area contributed by atoms with Gasteiger partial charge in [-0.3, -0.25) is 4.79 Å². The molecule has 2 aromatic heterocycles. The van der Waals surface area contributed by atoms with Crippen LogP contribution in [0.2, 0.25) is 0 Å². The monoisotopic (exact) mass is 478 g/mol. The number of ether oxygens (including phenoxy) is 1. The minimum absolute atomic E-state index is 0.0397. The second-order valence-electron chi connectivity index (χ2n) is 8.70. The molecule has 1 atom stereocenters. The number of nitrogen functional groups attached to an aromatic ring is 1. The van der Waals surface area contributed by atoms with Crippen LogP contribution in [0.3, 0.4) is 0 Å². The summed E-state index contributed by atoms with van der Waals surface area (Å²) < 4.78 is 7.96. The Morgan fingerprint density at radius 2 is 1.92 bits per heavy atom. The Hall–Kier alpha value is -4.64. The maximum absolute atomic E-state index is 12.9. The minimum atomic E-state index is -0.220. The highest BCUT2D eigenvalue weighted by molar-refractivity contribution is 6.01. The smallest absolute Gasteiger partial charge is 0.264 e. The quantitative estimate of drug-likeness (QED) is 0.311. The summed E-state index contributed by atoms with van der Waals surface area (Å²) in [5, 5.41) is 10.1. The normalized spacial score (nSPS) is 15.7. The van der Waals surface area contributed by atoms with E-state index in [0.717, 1.165) is 40.9 Å². The molecule has 1 saturated heterocycles. The summed E-state index contributed by atoms with van der Waals surface area (Å²) in [6.45, 7) is 2.90. The number of allylic oxidation sites excluding steroid dienone is 1. The zero-order chi connectivity index (χ0) is 25.1. The lowest BCUT2D eigenvalue weighted by Gasteiger charge is -2.25. The molecule has 5 rings (SSSR count). The number of anilines is 1. The summed E-state index contributed by atoms with van der Waals surface area (Å²) in [5.41, 5.74) is 9.06. The molecule has 0 bridgehead atoms. The molecule has 1 amide bonds. The molecule has 4 aromatic rings. The number of para-hydroxylation sites is 1. The van der Waals surface area contributed by atoms with Gasteiger partial charge in [-0.25, -0.2) is 9.97 Å². The molecular formula is C28H26N6O2. The predicted octanol–water partition coefficient (Wildman–Crippen LogP) is 4.93. The van der Waals surface area contributed by atoms with Crippen LogP contribution in [0.1, 0.15) is 19.8 Å². The minimum Gasteiger partial charge on any atom is -0.457 e. The molecule has 0 spiro atoms. The second-order valence-corrected chi connectivity index (χ2v) is 8.70.